The number of rotatable bonds is 5. The van der Waals surface area contributed by atoms with Crippen LogP contribution in [0.15, 0.2) is 66.2 Å². The number of anilines is 1. The highest BCUT2D eigenvalue weighted by molar-refractivity contribution is 6.39. The van der Waals surface area contributed by atoms with Crippen LogP contribution in [0.5, 0.6) is 5.75 Å². The minimum absolute atomic E-state index is 0.0257. The number of benzene rings is 3. The van der Waals surface area contributed by atoms with Gasteiger partial charge < -0.3 is 4.74 Å². The van der Waals surface area contributed by atoms with Gasteiger partial charge in [0.1, 0.15) is 17.9 Å². The molecule has 1 N–H and O–H groups in total. The van der Waals surface area contributed by atoms with Crippen molar-refractivity contribution in [1.82, 2.24) is 5.32 Å². The second-order valence-electron chi connectivity index (χ2n) is 6.92. The molecule has 0 aromatic heterocycles. The number of imide groups is 2. The van der Waals surface area contributed by atoms with E-state index in [-0.39, 0.29) is 23.6 Å². The molecule has 1 saturated heterocycles. The van der Waals surface area contributed by atoms with Crippen LogP contribution < -0.4 is 15.0 Å². The van der Waals surface area contributed by atoms with Gasteiger partial charge in [0.25, 0.3) is 17.5 Å². The Labute approximate surface area is 187 Å². The van der Waals surface area contributed by atoms with Gasteiger partial charge in [-0.05, 0) is 35.0 Å². The zero-order chi connectivity index (χ0) is 23.5. The topological polar surface area (TPSA) is 119 Å². The number of nitro groups is 1. The minimum atomic E-state index is -0.960. The molecule has 0 bridgehead atoms. The first-order valence-corrected chi connectivity index (χ1v) is 9.64. The zero-order valence-corrected chi connectivity index (χ0v) is 17.0. The van der Waals surface area contributed by atoms with Gasteiger partial charge >= 0.3 is 6.03 Å². The number of carbonyl (C=O) groups is 3. The van der Waals surface area contributed by atoms with Crippen LogP contribution in [0, 0.1) is 22.5 Å². The molecule has 9 heteroatoms. The highest BCUT2D eigenvalue weighted by atomic mass is 16.6. The van der Waals surface area contributed by atoms with Gasteiger partial charge in [-0.15, -0.1) is 6.42 Å². The Bertz CT molecular complexity index is 1390. The van der Waals surface area contributed by atoms with Gasteiger partial charge in [-0.25, -0.2) is 9.69 Å². The third-order valence-electron chi connectivity index (χ3n) is 4.95. The molecule has 0 saturated carbocycles. The largest absolute Gasteiger partial charge is 0.480 e. The fourth-order valence-corrected chi connectivity index (χ4v) is 3.43. The second-order valence-corrected chi connectivity index (χ2v) is 6.92. The Balaban J connectivity index is 1.82. The maximum absolute atomic E-state index is 13.2. The quantitative estimate of drug-likeness (QED) is 0.213. The van der Waals surface area contributed by atoms with Crippen LogP contribution in [0.3, 0.4) is 0 Å². The number of carbonyl (C=O) groups excluding carboxylic acids is 3. The Morgan fingerprint density at radius 2 is 1.79 bits per heavy atom. The first-order valence-electron chi connectivity index (χ1n) is 9.64. The number of ether oxygens (including phenoxy) is 1. The molecule has 4 rings (SSSR count). The van der Waals surface area contributed by atoms with E-state index in [1.54, 1.807) is 18.2 Å². The molecule has 0 spiro atoms. The molecule has 0 unspecified atom stereocenters. The summed E-state index contributed by atoms with van der Waals surface area (Å²) in [7, 11) is 0. The van der Waals surface area contributed by atoms with Gasteiger partial charge in [-0.1, -0.05) is 36.3 Å². The Kier molecular flexibility index (Phi) is 5.57. The summed E-state index contributed by atoms with van der Waals surface area (Å²) in [4.78, 5) is 49.2. The molecule has 4 amide bonds. The SMILES string of the molecule is C#CCOc1ccc2ccccc2c1/C=C1\C(=O)NC(=O)N(c2ccc([N+](=O)[O-])cc2)C1=O. The van der Waals surface area contributed by atoms with Gasteiger partial charge in [0.2, 0.25) is 0 Å². The Morgan fingerprint density at radius 3 is 2.48 bits per heavy atom. The van der Waals surface area contributed by atoms with E-state index in [0.717, 1.165) is 22.4 Å². The number of nitrogens with one attached hydrogen (secondary N) is 1. The number of non-ortho nitro benzene ring substituents is 1. The molecule has 3 aromatic carbocycles. The Morgan fingerprint density at radius 1 is 1.06 bits per heavy atom. The van der Waals surface area contributed by atoms with Crippen LogP contribution in [0.4, 0.5) is 16.2 Å². The molecule has 1 aliphatic heterocycles. The fourth-order valence-electron chi connectivity index (χ4n) is 3.43. The summed E-state index contributed by atoms with van der Waals surface area (Å²) in [5.41, 5.74) is -0.000505. The zero-order valence-electron chi connectivity index (χ0n) is 17.0. The molecular weight excluding hydrogens is 426 g/mol. The summed E-state index contributed by atoms with van der Waals surface area (Å²) < 4.78 is 5.61. The molecule has 1 heterocycles. The summed E-state index contributed by atoms with van der Waals surface area (Å²) in [6.45, 7) is -0.0257. The number of nitrogens with zero attached hydrogens (tertiary/aromatic N) is 2. The molecule has 3 aromatic rings. The molecular formula is C24H15N3O6. The number of fused-ring (bicyclic) bond motifs is 1. The lowest BCUT2D eigenvalue weighted by molar-refractivity contribution is -0.384. The molecule has 1 aliphatic rings. The van der Waals surface area contributed by atoms with Crippen LogP contribution in [-0.4, -0.2) is 29.4 Å². The van der Waals surface area contributed by atoms with Gasteiger partial charge in [0.15, 0.2) is 0 Å². The third-order valence-corrected chi connectivity index (χ3v) is 4.95. The maximum Gasteiger partial charge on any atom is 0.335 e. The molecule has 162 valence electrons. The predicted octanol–water partition coefficient (Wildman–Crippen LogP) is 3.43. The number of terminal acetylenes is 1. The van der Waals surface area contributed by atoms with Crippen LogP contribution in [0.25, 0.3) is 16.8 Å². The number of nitro benzene ring substituents is 1. The third kappa shape index (κ3) is 4.00. The van der Waals surface area contributed by atoms with E-state index in [4.69, 9.17) is 11.2 Å². The first-order chi connectivity index (χ1) is 15.9. The van der Waals surface area contributed by atoms with E-state index in [2.05, 4.69) is 11.2 Å². The van der Waals surface area contributed by atoms with Crippen LogP contribution in [-0.2, 0) is 9.59 Å². The summed E-state index contributed by atoms with van der Waals surface area (Å²) in [5, 5.41) is 14.6. The second kappa shape index (κ2) is 8.64. The average Bonchev–Trinajstić information content (AvgIpc) is 2.81. The maximum atomic E-state index is 13.2. The van der Waals surface area contributed by atoms with E-state index >= 15 is 0 Å². The average molecular weight is 441 g/mol. The van der Waals surface area contributed by atoms with E-state index in [9.17, 15) is 24.5 Å². The smallest absolute Gasteiger partial charge is 0.335 e. The van der Waals surface area contributed by atoms with Crippen LogP contribution in [0.2, 0.25) is 0 Å². The van der Waals surface area contributed by atoms with Crippen molar-refractivity contribution in [3.05, 3.63) is 81.9 Å². The predicted molar refractivity (Wildman–Crippen MR) is 120 cm³/mol. The normalized spacial score (nSPS) is 14.8. The van der Waals surface area contributed by atoms with Crippen LogP contribution >= 0.6 is 0 Å². The molecule has 33 heavy (non-hydrogen) atoms. The van der Waals surface area contributed by atoms with E-state index in [1.165, 1.54) is 18.2 Å². The number of urea groups is 1. The lowest BCUT2D eigenvalue weighted by Crippen LogP contribution is -2.54. The highest BCUT2D eigenvalue weighted by Gasteiger charge is 2.37. The molecule has 9 nitrogen and oxygen atoms in total. The Hall–Kier alpha value is -4.97. The monoisotopic (exact) mass is 441 g/mol. The van der Waals surface area contributed by atoms with Gasteiger partial charge in [0.05, 0.1) is 10.6 Å². The van der Waals surface area contributed by atoms with Crippen molar-refractivity contribution in [2.45, 2.75) is 0 Å². The van der Waals surface area contributed by atoms with Crippen molar-refractivity contribution >= 4 is 46.1 Å². The first kappa shape index (κ1) is 21.3. The van der Waals surface area contributed by atoms with Crippen LogP contribution in [0.1, 0.15) is 5.56 Å². The molecule has 0 radical (unpaired) electrons. The van der Waals surface area contributed by atoms with Crippen molar-refractivity contribution in [2.75, 3.05) is 11.5 Å². The van der Waals surface area contributed by atoms with E-state index in [0.29, 0.717) is 16.7 Å². The lowest BCUT2D eigenvalue weighted by atomic mass is 9.99. The summed E-state index contributed by atoms with van der Waals surface area (Å²) in [6, 6.07) is 14.7. The summed E-state index contributed by atoms with van der Waals surface area (Å²) in [5.74, 6) is 0.972. The number of hydrogen-bond acceptors (Lipinski definition) is 6. The number of barbiturate groups is 1. The van der Waals surface area contributed by atoms with Gasteiger partial charge in [-0.3, -0.25) is 25.0 Å². The minimum Gasteiger partial charge on any atom is -0.480 e. The van der Waals surface area contributed by atoms with Gasteiger partial charge in [-0.2, -0.15) is 0 Å². The van der Waals surface area contributed by atoms with Crippen molar-refractivity contribution < 1.29 is 24.0 Å². The molecule has 0 atom stereocenters. The fraction of sp³-hybridized carbons (Fsp3) is 0.0417. The van der Waals surface area contributed by atoms with Crippen molar-refractivity contribution in [2.24, 2.45) is 0 Å². The molecule has 0 aliphatic carbocycles. The van der Waals surface area contributed by atoms with Crippen molar-refractivity contribution in [3.63, 3.8) is 0 Å². The van der Waals surface area contributed by atoms with E-state index in [1.807, 2.05) is 18.2 Å². The highest BCUT2D eigenvalue weighted by Crippen LogP contribution is 2.32. The van der Waals surface area contributed by atoms with E-state index < -0.39 is 22.8 Å². The molecule has 1 fully saturated rings. The van der Waals surface area contributed by atoms with Crippen molar-refractivity contribution in [3.8, 4) is 18.1 Å². The standard InChI is InChI=1S/C24H15N3O6/c1-2-13-33-21-12-7-15-5-3-4-6-18(15)19(21)14-20-22(28)25-24(30)26(23(20)29)16-8-10-17(11-9-16)27(31)32/h1,3-12,14H,13H2,(H,25,28,30)/b20-14+. The summed E-state index contributed by atoms with van der Waals surface area (Å²) in [6.07, 6.45) is 6.64. The number of hydrogen-bond donors (Lipinski definition) is 1. The van der Waals surface area contributed by atoms with Gasteiger partial charge in [0, 0.05) is 17.7 Å². The number of amides is 4. The van der Waals surface area contributed by atoms with Crippen molar-refractivity contribution in [1.29, 1.82) is 0 Å². The summed E-state index contributed by atoms with van der Waals surface area (Å²) >= 11 is 0. The lowest BCUT2D eigenvalue weighted by Gasteiger charge is -2.26.